The van der Waals surface area contributed by atoms with Crippen LogP contribution in [-0.2, 0) is 16.6 Å². The fourth-order valence-corrected chi connectivity index (χ4v) is 3.59. The highest BCUT2D eigenvalue weighted by molar-refractivity contribution is 7.89. The molecule has 7 nitrogen and oxygen atoms in total. The average molecular weight is 413 g/mol. The lowest BCUT2D eigenvalue weighted by molar-refractivity contribution is 0.101. The van der Waals surface area contributed by atoms with E-state index in [4.69, 9.17) is 9.56 Å². The SMILES string of the molecule is NS(=O)(=O)c1ccc(NC(=O)c2cc3occc3n2Cc2cccc(F)c2)cc1. The second kappa shape index (κ2) is 7.19. The van der Waals surface area contributed by atoms with Crippen LogP contribution in [0, 0.1) is 5.82 Å². The molecule has 3 N–H and O–H groups in total. The Hall–Kier alpha value is -3.43. The van der Waals surface area contributed by atoms with E-state index in [1.807, 2.05) is 0 Å². The number of benzene rings is 2. The van der Waals surface area contributed by atoms with Crippen molar-refractivity contribution in [2.24, 2.45) is 5.14 Å². The summed E-state index contributed by atoms with van der Waals surface area (Å²) in [6.07, 6.45) is 1.51. The van der Waals surface area contributed by atoms with Crippen LogP contribution in [0.4, 0.5) is 10.1 Å². The first kappa shape index (κ1) is 18.9. The molecular weight excluding hydrogens is 397 g/mol. The number of hydrogen-bond acceptors (Lipinski definition) is 4. The van der Waals surface area contributed by atoms with Crippen LogP contribution in [0.25, 0.3) is 11.1 Å². The molecule has 148 valence electrons. The summed E-state index contributed by atoms with van der Waals surface area (Å²) in [5.41, 5.74) is 2.63. The second-order valence-corrected chi connectivity index (χ2v) is 8.00. The Morgan fingerprint density at radius 3 is 2.55 bits per heavy atom. The zero-order valence-corrected chi connectivity index (χ0v) is 15.8. The number of carbonyl (C=O) groups excluding carboxylic acids is 1. The number of rotatable bonds is 5. The first-order valence-corrected chi connectivity index (χ1v) is 10.1. The van der Waals surface area contributed by atoms with E-state index < -0.39 is 15.9 Å². The Labute approximate surface area is 165 Å². The molecule has 0 atom stereocenters. The van der Waals surface area contributed by atoms with E-state index in [0.29, 0.717) is 28.0 Å². The van der Waals surface area contributed by atoms with Crippen LogP contribution in [0.15, 0.2) is 76.2 Å². The van der Waals surface area contributed by atoms with Gasteiger partial charge in [-0.25, -0.2) is 17.9 Å². The topological polar surface area (TPSA) is 107 Å². The molecule has 0 aliphatic rings. The van der Waals surface area contributed by atoms with E-state index in [-0.39, 0.29) is 17.3 Å². The summed E-state index contributed by atoms with van der Waals surface area (Å²) in [7, 11) is -3.81. The van der Waals surface area contributed by atoms with Crippen molar-refractivity contribution in [1.82, 2.24) is 4.57 Å². The smallest absolute Gasteiger partial charge is 0.272 e. The number of nitrogens with zero attached hydrogens (tertiary/aromatic N) is 1. The zero-order valence-electron chi connectivity index (χ0n) is 15.0. The van der Waals surface area contributed by atoms with Crippen LogP contribution in [0.1, 0.15) is 16.1 Å². The summed E-state index contributed by atoms with van der Waals surface area (Å²) in [6, 6.07) is 15.0. The van der Waals surface area contributed by atoms with Gasteiger partial charge in [0.1, 0.15) is 11.5 Å². The highest BCUT2D eigenvalue weighted by Crippen LogP contribution is 2.24. The number of amides is 1. The molecule has 0 bridgehead atoms. The number of carbonyl (C=O) groups is 1. The lowest BCUT2D eigenvalue weighted by Crippen LogP contribution is -2.18. The van der Waals surface area contributed by atoms with Crippen molar-refractivity contribution in [2.45, 2.75) is 11.4 Å². The van der Waals surface area contributed by atoms with Crippen molar-refractivity contribution in [3.8, 4) is 0 Å². The summed E-state index contributed by atoms with van der Waals surface area (Å²) in [5, 5.41) is 7.79. The molecule has 0 aliphatic carbocycles. The number of hydrogen-bond donors (Lipinski definition) is 2. The lowest BCUT2D eigenvalue weighted by Gasteiger charge is -2.11. The fourth-order valence-electron chi connectivity index (χ4n) is 3.08. The normalized spacial score (nSPS) is 11.7. The lowest BCUT2D eigenvalue weighted by atomic mass is 10.2. The Balaban J connectivity index is 1.65. The minimum atomic E-state index is -3.81. The Bertz CT molecular complexity index is 1310. The zero-order chi connectivity index (χ0) is 20.6. The Kier molecular flexibility index (Phi) is 4.69. The minimum absolute atomic E-state index is 0.0532. The molecule has 0 fully saturated rings. The predicted molar refractivity (Wildman–Crippen MR) is 105 cm³/mol. The molecule has 4 aromatic rings. The standard InChI is InChI=1S/C20H16FN3O4S/c21-14-3-1-2-13(10-14)12-24-17-8-9-28-19(17)11-18(24)20(25)23-15-4-6-16(7-5-15)29(22,26)27/h1-11H,12H2,(H,23,25)(H2,22,26,27). The van der Waals surface area contributed by atoms with E-state index in [9.17, 15) is 17.6 Å². The highest BCUT2D eigenvalue weighted by Gasteiger charge is 2.18. The summed E-state index contributed by atoms with van der Waals surface area (Å²) in [5.74, 6) is -0.782. The molecule has 0 unspecified atom stereocenters. The number of anilines is 1. The van der Waals surface area contributed by atoms with Crippen molar-refractivity contribution in [2.75, 3.05) is 5.32 Å². The molecule has 29 heavy (non-hydrogen) atoms. The van der Waals surface area contributed by atoms with Crippen molar-refractivity contribution < 1.29 is 22.0 Å². The van der Waals surface area contributed by atoms with Crippen molar-refractivity contribution in [3.05, 3.63) is 84.0 Å². The van der Waals surface area contributed by atoms with Gasteiger partial charge in [0.05, 0.1) is 16.7 Å². The molecule has 4 rings (SSSR count). The van der Waals surface area contributed by atoms with Gasteiger partial charge in [-0.05, 0) is 42.0 Å². The molecule has 0 saturated carbocycles. The molecule has 2 aromatic heterocycles. The van der Waals surface area contributed by atoms with Gasteiger partial charge < -0.3 is 14.3 Å². The van der Waals surface area contributed by atoms with Gasteiger partial charge in [-0.1, -0.05) is 12.1 Å². The molecule has 1 amide bonds. The van der Waals surface area contributed by atoms with Crippen LogP contribution in [-0.4, -0.2) is 18.9 Å². The average Bonchev–Trinajstić information content (AvgIpc) is 3.24. The van der Waals surface area contributed by atoms with Gasteiger partial charge in [0, 0.05) is 24.4 Å². The molecule has 0 aliphatic heterocycles. The van der Waals surface area contributed by atoms with Crippen LogP contribution in [0.2, 0.25) is 0 Å². The van der Waals surface area contributed by atoms with Gasteiger partial charge in [0.25, 0.3) is 5.91 Å². The van der Waals surface area contributed by atoms with Crippen molar-refractivity contribution >= 4 is 32.7 Å². The van der Waals surface area contributed by atoms with E-state index in [2.05, 4.69) is 5.32 Å². The van der Waals surface area contributed by atoms with Gasteiger partial charge in [-0.3, -0.25) is 4.79 Å². The summed E-state index contributed by atoms with van der Waals surface area (Å²) >= 11 is 0. The molecule has 0 saturated heterocycles. The maximum absolute atomic E-state index is 13.6. The summed E-state index contributed by atoms with van der Waals surface area (Å²) < 4.78 is 43.4. The first-order chi connectivity index (χ1) is 13.8. The number of nitrogens with two attached hydrogens (primary N) is 1. The molecule has 0 radical (unpaired) electrons. The predicted octanol–water partition coefficient (Wildman–Crippen LogP) is 3.32. The van der Waals surface area contributed by atoms with Crippen LogP contribution in [0.5, 0.6) is 0 Å². The Morgan fingerprint density at radius 2 is 1.86 bits per heavy atom. The third kappa shape index (κ3) is 3.91. The molecule has 9 heteroatoms. The number of sulfonamides is 1. The fraction of sp³-hybridized carbons (Fsp3) is 0.0500. The second-order valence-electron chi connectivity index (χ2n) is 6.44. The number of halogens is 1. The number of fused-ring (bicyclic) bond motifs is 1. The van der Waals surface area contributed by atoms with Crippen molar-refractivity contribution in [1.29, 1.82) is 0 Å². The van der Waals surface area contributed by atoms with Crippen LogP contribution >= 0.6 is 0 Å². The summed E-state index contributed by atoms with van der Waals surface area (Å²) in [4.78, 5) is 12.8. The first-order valence-electron chi connectivity index (χ1n) is 8.57. The van der Waals surface area contributed by atoms with E-state index in [0.717, 1.165) is 0 Å². The number of primary sulfonamides is 1. The largest absolute Gasteiger partial charge is 0.463 e. The molecular formula is C20H16FN3O4S. The Morgan fingerprint density at radius 1 is 1.10 bits per heavy atom. The van der Waals surface area contributed by atoms with Gasteiger partial charge in [-0.15, -0.1) is 0 Å². The van der Waals surface area contributed by atoms with E-state index >= 15 is 0 Å². The quantitative estimate of drug-likeness (QED) is 0.523. The maximum Gasteiger partial charge on any atom is 0.272 e. The third-order valence-corrected chi connectivity index (χ3v) is 5.36. The maximum atomic E-state index is 13.6. The number of nitrogens with one attached hydrogen (secondary N) is 1. The van der Waals surface area contributed by atoms with E-state index in [1.165, 1.54) is 42.7 Å². The molecule has 2 heterocycles. The summed E-state index contributed by atoms with van der Waals surface area (Å²) in [6.45, 7) is 0.272. The monoisotopic (exact) mass is 413 g/mol. The molecule has 2 aromatic carbocycles. The molecule has 0 spiro atoms. The highest BCUT2D eigenvalue weighted by atomic mass is 32.2. The van der Waals surface area contributed by atoms with Gasteiger partial charge >= 0.3 is 0 Å². The van der Waals surface area contributed by atoms with Crippen molar-refractivity contribution in [3.63, 3.8) is 0 Å². The van der Waals surface area contributed by atoms with Gasteiger partial charge in [0.15, 0.2) is 5.58 Å². The number of aromatic nitrogens is 1. The van der Waals surface area contributed by atoms with E-state index in [1.54, 1.807) is 28.8 Å². The minimum Gasteiger partial charge on any atom is -0.463 e. The van der Waals surface area contributed by atoms with Gasteiger partial charge in [-0.2, -0.15) is 0 Å². The third-order valence-electron chi connectivity index (χ3n) is 4.43. The van der Waals surface area contributed by atoms with Gasteiger partial charge in [0.2, 0.25) is 10.0 Å². The van der Waals surface area contributed by atoms with Crippen LogP contribution in [0.3, 0.4) is 0 Å². The van der Waals surface area contributed by atoms with Crippen LogP contribution < -0.4 is 10.5 Å². The number of furan rings is 1.